The Morgan fingerprint density at radius 2 is 2.07 bits per heavy atom. The van der Waals surface area contributed by atoms with Gasteiger partial charge < -0.3 is 5.11 Å². The molecule has 0 amide bonds. The Balaban J connectivity index is 2.64. The van der Waals surface area contributed by atoms with E-state index in [1.807, 2.05) is 26.0 Å². The number of nitrogens with one attached hydrogen (secondary N) is 1. The molecular formula is C12H15NO. The van der Waals surface area contributed by atoms with E-state index in [-0.39, 0.29) is 5.54 Å². The third-order valence-electron chi connectivity index (χ3n) is 2.07. The molecule has 2 heteroatoms. The molecule has 0 saturated carbocycles. The lowest BCUT2D eigenvalue weighted by molar-refractivity contribution is 0.448. The monoisotopic (exact) mass is 189 g/mol. The summed E-state index contributed by atoms with van der Waals surface area (Å²) in [6.07, 6.45) is 5.33. The van der Waals surface area contributed by atoms with Gasteiger partial charge in [0.25, 0.3) is 0 Å². The van der Waals surface area contributed by atoms with Gasteiger partial charge in [0, 0.05) is 12.1 Å². The van der Waals surface area contributed by atoms with Crippen LogP contribution >= 0.6 is 0 Å². The lowest BCUT2D eigenvalue weighted by atomic mass is 10.1. The van der Waals surface area contributed by atoms with Crippen molar-refractivity contribution < 1.29 is 5.11 Å². The summed E-state index contributed by atoms with van der Waals surface area (Å²) in [6.45, 7) is 4.42. The largest absolute Gasteiger partial charge is 0.508 e. The standard InChI is InChI=1S/C12H15NO/c1-4-12(2,3)13-9-10-7-5-6-8-11(10)14/h1,5-8,13-14H,9H2,2-3H3. The fraction of sp³-hybridized carbons (Fsp3) is 0.333. The lowest BCUT2D eigenvalue weighted by Crippen LogP contribution is -2.36. The van der Waals surface area contributed by atoms with Gasteiger partial charge in [0.1, 0.15) is 5.75 Å². The Morgan fingerprint density at radius 1 is 1.43 bits per heavy atom. The zero-order valence-electron chi connectivity index (χ0n) is 8.54. The van der Waals surface area contributed by atoms with E-state index in [9.17, 15) is 5.11 Å². The van der Waals surface area contributed by atoms with Crippen LogP contribution in [0.5, 0.6) is 5.75 Å². The maximum atomic E-state index is 9.49. The zero-order chi connectivity index (χ0) is 10.6. The summed E-state index contributed by atoms with van der Waals surface area (Å²) >= 11 is 0. The fourth-order valence-electron chi connectivity index (χ4n) is 1.03. The van der Waals surface area contributed by atoms with E-state index < -0.39 is 0 Å². The number of phenolic OH excluding ortho intramolecular Hbond substituents is 1. The smallest absolute Gasteiger partial charge is 0.120 e. The molecule has 1 aromatic carbocycles. The van der Waals surface area contributed by atoms with Crippen LogP contribution in [0.4, 0.5) is 0 Å². The summed E-state index contributed by atoms with van der Waals surface area (Å²) in [6, 6.07) is 7.22. The van der Waals surface area contributed by atoms with Crippen LogP contribution < -0.4 is 5.32 Å². The van der Waals surface area contributed by atoms with Crippen LogP contribution in [-0.2, 0) is 6.54 Å². The van der Waals surface area contributed by atoms with E-state index in [0.29, 0.717) is 12.3 Å². The van der Waals surface area contributed by atoms with Crippen molar-refractivity contribution in [3.05, 3.63) is 29.8 Å². The molecule has 0 unspecified atom stereocenters. The van der Waals surface area contributed by atoms with E-state index in [4.69, 9.17) is 6.42 Å². The van der Waals surface area contributed by atoms with Crippen LogP contribution in [0.25, 0.3) is 0 Å². The second kappa shape index (κ2) is 4.17. The van der Waals surface area contributed by atoms with Crippen LogP contribution in [0.1, 0.15) is 19.4 Å². The molecule has 0 heterocycles. The van der Waals surface area contributed by atoms with Crippen molar-refractivity contribution in [3.63, 3.8) is 0 Å². The molecule has 0 atom stereocenters. The van der Waals surface area contributed by atoms with Crippen molar-refractivity contribution in [2.24, 2.45) is 0 Å². The van der Waals surface area contributed by atoms with E-state index in [0.717, 1.165) is 5.56 Å². The molecule has 1 rings (SSSR count). The molecule has 0 aromatic heterocycles. The second-order valence-electron chi connectivity index (χ2n) is 3.75. The normalized spacial score (nSPS) is 10.9. The summed E-state index contributed by atoms with van der Waals surface area (Å²) in [7, 11) is 0. The van der Waals surface area contributed by atoms with Gasteiger partial charge in [-0.3, -0.25) is 5.32 Å². The van der Waals surface area contributed by atoms with Crippen molar-refractivity contribution in [2.75, 3.05) is 0 Å². The fourth-order valence-corrected chi connectivity index (χ4v) is 1.03. The van der Waals surface area contributed by atoms with Gasteiger partial charge in [0.15, 0.2) is 0 Å². The molecule has 1 aromatic rings. The summed E-state index contributed by atoms with van der Waals surface area (Å²) in [5.41, 5.74) is 0.512. The van der Waals surface area contributed by atoms with Gasteiger partial charge in [-0.05, 0) is 19.9 Å². The van der Waals surface area contributed by atoms with E-state index >= 15 is 0 Å². The average Bonchev–Trinajstić information content (AvgIpc) is 2.17. The third-order valence-corrected chi connectivity index (χ3v) is 2.07. The first kappa shape index (κ1) is 10.6. The molecule has 14 heavy (non-hydrogen) atoms. The second-order valence-corrected chi connectivity index (χ2v) is 3.75. The minimum Gasteiger partial charge on any atom is -0.508 e. The van der Waals surface area contributed by atoms with Gasteiger partial charge in [-0.15, -0.1) is 6.42 Å². The highest BCUT2D eigenvalue weighted by Crippen LogP contribution is 2.15. The average molecular weight is 189 g/mol. The summed E-state index contributed by atoms with van der Waals surface area (Å²) in [4.78, 5) is 0. The maximum Gasteiger partial charge on any atom is 0.120 e. The van der Waals surface area contributed by atoms with Gasteiger partial charge in [-0.1, -0.05) is 24.1 Å². The minimum absolute atomic E-state index is 0.299. The number of benzene rings is 1. The number of rotatable bonds is 3. The number of para-hydroxylation sites is 1. The summed E-state index contributed by atoms with van der Waals surface area (Å²) < 4.78 is 0. The quantitative estimate of drug-likeness (QED) is 0.712. The van der Waals surface area contributed by atoms with Crippen LogP contribution in [0.2, 0.25) is 0 Å². The SMILES string of the molecule is C#CC(C)(C)NCc1ccccc1O. The third kappa shape index (κ3) is 2.79. The van der Waals surface area contributed by atoms with Crippen molar-refractivity contribution in [1.82, 2.24) is 5.32 Å². The predicted octanol–water partition coefficient (Wildman–Crippen LogP) is 1.89. The molecule has 0 saturated heterocycles. The highest BCUT2D eigenvalue weighted by molar-refractivity contribution is 5.31. The molecule has 0 spiro atoms. The Hall–Kier alpha value is -1.46. The molecule has 74 valence electrons. The number of terminal acetylenes is 1. The molecule has 0 radical (unpaired) electrons. The van der Waals surface area contributed by atoms with Crippen LogP contribution in [0.15, 0.2) is 24.3 Å². The molecule has 0 aliphatic rings. The highest BCUT2D eigenvalue weighted by Gasteiger charge is 2.12. The highest BCUT2D eigenvalue weighted by atomic mass is 16.3. The van der Waals surface area contributed by atoms with Gasteiger partial charge in [-0.25, -0.2) is 0 Å². The predicted molar refractivity (Wildman–Crippen MR) is 57.9 cm³/mol. The van der Waals surface area contributed by atoms with Gasteiger partial charge in [0.05, 0.1) is 5.54 Å². The summed E-state index contributed by atoms with van der Waals surface area (Å²) in [5.74, 6) is 2.94. The first-order valence-corrected chi connectivity index (χ1v) is 4.55. The van der Waals surface area contributed by atoms with Crippen molar-refractivity contribution in [3.8, 4) is 18.1 Å². The van der Waals surface area contributed by atoms with Crippen molar-refractivity contribution >= 4 is 0 Å². The molecule has 2 nitrogen and oxygen atoms in total. The molecule has 0 aliphatic carbocycles. The molecule has 0 aliphatic heterocycles. The van der Waals surface area contributed by atoms with Crippen molar-refractivity contribution in [2.45, 2.75) is 25.9 Å². The molecule has 2 N–H and O–H groups in total. The first-order valence-electron chi connectivity index (χ1n) is 4.55. The van der Waals surface area contributed by atoms with Gasteiger partial charge in [-0.2, -0.15) is 0 Å². The Kier molecular flexibility index (Phi) is 3.16. The number of phenols is 1. The summed E-state index contributed by atoms with van der Waals surface area (Å²) in [5, 5.41) is 12.7. The lowest BCUT2D eigenvalue weighted by Gasteiger charge is -2.19. The molecule has 0 bridgehead atoms. The maximum absolute atomic E-state index is 9.49. The Morgan fingerprint density at radius 3 is 2.64 bits per heavy atom. The van der Waals surface area contributed by atoms with Crippen LogP contribution in [0, 0.1) is 12.3 Å². The topological polar surface area (TPSA) is 32.3 Å². The van der Waals surface area contributed by atoms with Gasteiger partial charge in [0.2, 0.25) is 0 Å². The van der Waals surface area contributed by atoms with Crippen LogP contribution in [0.3, 0.4) is 0 Å². The van der Waals surface area contributed by atoms with E-state index in [1.54, 1.807) is 12.1 Å². The van der Waals surface area contributed by atoms with Crippen molar-refractivity contribution in [1.29, 1.82) is 0 Å². The number of hydrogen-bond acceptors (Lipinski definition) is 2. The number of aromatic hydroxyl groups is 1. The minimum atomic E-state index is -0.345. The van der Waals surface area contributed by atoms with Gasteiger partial charge >= 0.3 is 0 Å². The Bertz CT molecular complexity index is 350. The van der Waals surface area contributed by atoms with Crippen LogP contribution in [-0.4, -0.2) is 10.6 Å². The van der Waals surface area contributed by atoms with E-state index in [2.05, 4.69) is 11.2 Å². The first-order chi connectivity index (χ1) is 6.55. The molecular weight excluding hydrogens is 174 g/mol. The Labute approximate surface area is 85.0 Å². The molecule has 0 fully saturated rings. The zero-order valence-corrected chi connectivity index (χ0v) is 8.54. The van der Waals surface area contributed by atoms with E-state index in [1.165, 1.54) is 0 Å². The number of hydrogen-bond donors (Lipinski definition) is 2.